The molecule has 0 aliphatic rings. The first-order valence-electron chi connectivity index (χ1n) is 2.63. The SMILES string of the molecule is C=CCN=C/C=C\C. The molecule has 0 amide bonds. The van der Waals surface area contributed by atoms with Crippen molar-refractivity contribution in [2.75, 3.05) is 6.54 Å². The van der Waals surface area contributed by atoms with E-state index in [2.05, 4.69) is 11.6 Å². The predicted molar refractivity (Wildman–Crippen MR) is 38.4 cm³/mol. The zero-order chi connectivity index (χ0) is 6.24. The van der Waals surface area contributed by atoms with E-state index in [-0.39, 0.29) is 0 Å². The van der Waals surface area contributed by atoms with Gasteiger partial charge in [0.1, 0.15) is 0 Å². The molecule has 0 rings (SSSR count). The summed E-state index contributed by atoms with van der Waals surface area (Å²) in [6.07, 6.45) is 7.36. The summed E-state index contributed by atoms with van der Waals surface area (Å²) in [5.74, 6) is 0. The smallest absolute Gasteiger partial charge is 0.0567 e. The maximum absolute atomic E-state index is 3.95. The number of hydrogen-bond donors (Lipinski definition) is 0. The van der Waals surface area contributed by atoms with Crippen molar-refractivity contribution in [3.8, 4) is 0 Å². The van der Waals surface area contributed by atoms with E-state index in [0.717, 1.165) is 0 Å². The molecule has 0 N–H and O–H groups in total. The molecule has 0 aliphatic carbocycles. The van der Waals surface area contributed by atoms with E-state index in [0.29, 0.717) is 6.54 Å². The van der Waals surface area contributed by atoms with Gasteiger partial charge in [0.25, 0.3) is 0 Å². The molecule has 0 heterocycles. The number of aliphatic imine (C=N–C) groups is 1. The van der Waals surface area contributed by atoms with Crippen molar-refractivity contribution < 1.29 is 0 Å². The fraction of sp³-hybridized carbons (Fsp3) is 0.286. The van der Waals surface area contributed by atoms with Gasteiger partial charge in [0.15, 0.2) is 0 Å². The van der Waals surface area contributed by atoms with Crippen LogP contribution >= 0.6 is 0 Å². The van der Waals surface area contributed by atoms with Gasteiger partial charge in [-0.25, -0.2) is 0 Å². The van der Waals surface area contributed by atoms with Crippen molar-refractivity contribution in [2.45, 2.75) is 6.92 Å². The summed E-state index contributed by atoms with van der Waals surface area (Å²) in [5, 5.41) is 0. The molecule has 0 atom stereocenters. The second-order valence-electron chi connectivity index (χ2n) is 1.33. The molecule has 0 saturated carbocycles. The van der Waals surface area contributed by atoms with Crippen LogP contribution in [-0.2, 0) is 0 Å². The summed E-state index contributed by atoms with van der Waals surface area (Å²) in [4.78, 5) is 3.95. The summed E-state index contributed by atoms with van der Waals surface area (Å²) < 4.78 is 0. The van der Waals surface area contributed by atoms with E-state index in [4.69, 9.17) is 0 Å². The molecule has 44 valence electrons. The Morgan fingerprint density at radius 2 is 2.38 bits per heavy atom. The first-order valence-corrected chi connectivity index (χ1v) is 2.63. The maximum atomic E-state index is 3.95. The van der Waals surface area contributed by atoms with Gasteiger partial charge in [0, 0.05) is 6.21 Å². The summed E-state index contributed by atoms with van der Waals surface area (Å²) >= 11 is 0. The van der Waals surface area contributed by atoms with Crippen molar-refractivity contribution in [3.05, 3.63) is 24.8 Å². The fourth-order valence-corrected chi connectivity index (χ4v) is 0.282. The first-order chi connectivity index (χ1) is 3.91. The average Bonchev–Trinajstić information content (AvgIpc) is 1.81. The molecule has 1 heteroatoms. The van der Waals surface area contributed by atoms with Crippen molar-refractivity contribution >= 4 is 6.21 Å². The molecule has 0 radical (unpaired) electrons. The van der Waals surface area contributed by atoms with Crippen LogP contribution in [0.25, 0.3) is 0 Å². The van der Waals surface area contributed by atoms with Crippen LogP contribution in [0.2, 0.25) is 0 Å². The quantitative estimate of drug-likeness (QED) is 0.387. The number of allylic oxidation sites excluding steroid dienone is 2. The maximum Gasteiger partial charge on any atom is 0.0567 e. The third-order valence-corrected chi connectivity index (χ3v) is 0.618. The lowest BCUT2D eigenvalue weighted by Gasteiger charge is -1.74. The zero-order valence-corrected chi connectivity index (χ0v) is 5.17. The molecule has 0 aromatic heterocycles. The minimum atomic E-state index is 0.713. The third-order valence-electron chi connectivity index (χ3n) is 0.618. The lowest BCUT2D eigenvalue weighted by atomic mass is 10.5. The highest BCUT2D eigenvalue weighted by Gasteiger charge is 1.61. The molecular weight excluding hydrogens is 98.1 g/mol. The van der Waals surface area contributed by atoms with Crippen LogP contribution in [0.4, 0.5) is 0 Å². The van der Waals surface area contributed by atoms with Gasteiger partial charge in [-0.05, 0) is 13.0 Å². The average molecular weight is 109 g/mol. The molecule has 0 bridgehead atoms. The van der Waals surface area contributed by atoms with Crippen LogP contribution < -0.4 is 0 Å². The summed E-state index contributed by atoms with van der Waals surface area (Å²) in [6, 6.07) is 0. The molecule has 0 unspecified atom stereocenters. The summed E-state index contributed by atoms with van der Waals surface area (Å²) in [7, 11) is 0. The van der Waals surface area contributed by atoms with Crippen LogP contribution in [-0.4, -0.2) is 12.8 Å². The topological polar surface area (TPSA) is 12.4 Å². The van der Waals surface area contributed by atoms with Crippen LogP contribution in [0, 0.1) is 0 Å². The predicted octanol–water partition coefficient (Wildman–Crippen LogP) is 1.82. The first kappa shape index (κ1) is 7.15. The van der Waals surface area contributed by atoms with Crippen LogP contribution in [0.3, 0.4) is 0 Å². The normalized spacial score (nSPS) is 11.1. The number of hydrogen-bond acceptors (Lipinski definition) is 1. The van der Waals surface area contributed by atoms with Crippen LogP contribution in [0.1, 0.15) is 6.92 Å². The number of rotatable bonds is 3. The summed E-state index contributed by atoms with van der Waals surface area (Å²) in [5.41, 5.74) is 0. The third kappa shape index (κ3) is 5.15. The molecule has 8 heavy (non-hydrogen) atoms. The molecular formula is C7H11N. The van der Waals surface area contributed by atoms with E-state index in [9.17, 15) is 0 Å². The number of nitrogens with zero attached hydrogens (tertiary/aromatic N) is 1. The highest BCUT2D eigenvalue weighted by atomic mass is 14.7. The second-order valence-corrected chi connectivity index (χ2v) is 1.33. The lowest BCUT2D eigenvalue weighted by Crippen LogP contribution is -1.69. The van der Waals surface area contributed by atoms with Gasteiger partial charge < -0.3 is 0 Å². The Bertz CT molecular complexity index is 101. The van der Waals surface area contributed by atoms with Gasteiger partial charge in [0.2, 0.25) is 0 Å². The Morgan fingerprint density at radius 1 is 1.62 bits per heavy atom. The van der Waals surface area contributed by atoms with Crippen molar-refractivity contribution in [3.63, 3.8) is 0 Å². The van der Waals surface area contributed by atoms with E-state index in [1.165, 1.54) is 0 Å². The molecule has 0 spiro atoms. The van der Waals surface area contributed by atoms with Gasteiger partial charge in [0.05, 0.1) is 6.54 Å². The largest absolute Gasteiger partial charge is 0.289 e. The zero-order valence-electron chi connectivity index (χ0n) is 5.17. The monoisotopic (exact) mass is 109 g/mol. The van der Waals surface area contributed by atoms with E-state index >= 15 is 0 Å². The molecule has 0 aromatic carbocycles. The van der Waals surface area contributed by atoms with Gasteiger partial charge >= 0.3 is 0 Å². The van der Waals surface area contributed by atoms with Crippen LogP contribution in [0.15, 0.2) is 29.8 Å². The standard InChI is InChI=1S/C7H11N/c1-3-5-7-8-6-4-2/h3-5,7H,2,6H2,1H3/b5-3-,8-7?. The van der Waals surface area contributed by atoms with Crippen molar-refractivity contribution in [2.24, 2.45) is 4.99 Å². The summed E-state index contributed by atoms with van der Waals surface area (Å²) in [6.45, 7) is 6.19. The lowest BCUT2D eigenvalue weighted by molar-refractivity contribution is 1.27. The molecule has 0 fully saturated rings. The minimum Gasteiger partial charge on any atom is -0.289 e. The van der Waals surface area contributed by atoms with E-state index in [1.54, 1.807) is 12.3 Å². The molecule has 1 nitrogen and oxygen atoms in total. The Morgan fingerprint density at radius 3 is 2.88 bits per heavy atom. The van der Waals surface area contributed by atoms with Gasteiger partial charge in [-0.2, -0.15) is 0 Å². The van der Waals surface area contributed by atoms with E-state index in [1.807, 2.05) is 19.1 Å². The van der Waals surface area contributed by atoms with Crippen molar-refractivity contribution in [1.82, 2.24) is 0 Å². The van der Waals surface area contributed by atoms with Crippen LogP contribution in [0.5, 0.6) is 0 Å². The molecule has 0 aromatic rings. The Labute approximate surface area is 50.4 Å². The van der Waals surface area contributed by atoms with E-state index < -0.39 is 0 Å². The Hall–Kier alpha value is -0.850. The highest BCUT2D eigenvalue weighted by molar-refractivity contribution is 5.70. The molecule has 0 saturated heterocycles. The highest BCUT2D eigenvalue weighted by Crippen LogP contribution is 1.69. The van der Waals surface area contributed by atoms with Gasteiger partial charge in [-0.3, -0.25) is 4.99 Å². The Balaban J connectivity index is 3.19. The molecule has 0 aliphatic heterocycles. The van der Waals surface area contributed by atoms with Crippen molar-refractivity contribution in [1.29, 1.82) is 0 Å². The minimum absolute atomic E-state index is 0.713. The van der Waals surface area contributed by atoms with Gasteiger partial charge in [-0.15, -0.1) is 6.58 Å². The Kier molecular flexibility index (Phi) is 5.50. The fourth-order valence-electron chi connectivity index (χ4n) is 0.282. The van der Waals surface area contributed by atoms with Gasteiger partial charge in [-0.1, -0.05) is 12.2 Å². The second kappa shape index (κ2) is 6.15.